The SMILES string of the molecule is CC/C=C\C/C=C\C/C=C\C/C=C\C/C=C\CCCCCCC(O)C(=O)NC(COC1OC(CO)C(O)C(O)C1OC(=O)CCCCCCCCCCCCC)C(O)/C=C/CCCCCCCCCCCCC. The lowest BCUT2D eigenvalue weighted by molar-refractivity contribution is -0.305. The molecule has 0 aromatic heterocycles. The van der Waals surface area contributed by atoms with E-state index in [2.05, 4.69) is 86.8 Å². The predicted octanol–water partition coefficient (Wildman–Crippen LogP) is 13.6. The number of ether oxygens (including phenoxy) is 3. The quantitative estimate of drug-likeness (QED) is 0.0195. The lowest BCUT2D eigenvalue weighted by atomic mass is 9.99. The molecule has 0 bridgehead atoms. The molecule has 1 aliphatic heterocycles. The summed E-state index contributed by atoms with van der Waals surface area (Å²) < 4.78 is 17.6. The largest absolute Gasteiger partial charge is 0.454 e. The first-order chi connectivity index (χ1) is 35.7. The summed E-state index contributed by atoms with van der Waals surface area (Å²) in [6.07, 6.45) is 52.3. The fourth-order valence-corrected chi connectivity index (χ4v) is 8.91. The molecule has 1 saturated heterocycles. The molecule has 0 aliphatic carbocycles. The van der Waals surface area contributed by atoms with Gasteiger partial charge < -0.3 is 45.1 Å². The first-order valence-corrected chi connectivity index (χ1v) is 29.7. The van der Waals surface area contributed by atoms with Crippen LogP contribution >= 0.6 is 0 Å². The van der Waals surface area contributed by atoms with Crippen molar-refractivity contribution in [3.05, 3.63) is 72.9 Å². The van der Waals surface area contributed by atoms with Gasteiger partial charge in [-0.1, -0.05) is 241 Å². The van der Waals surface area contributed by atoms with Crippen LogP contribution in [0.4, 0.5) is 0 Å². The second-order valence-corrected chi connectivity index (χ2v) is 20.4. The molecule has 0 aromatic carbocycles. The van der Waals surface area contributed by atoms with Crippen LogP contribution in [0, 0.1) is 0 Å². The number of carbonyl (C=O) groups excluding carboxylic acids is 2. The van der Waals surface area contributed by atoms with Crippen molar-refractivity contribution in [1.82, 2.24) is 5.32 Å². The summed E-state index contributed by atoms with van der Waals surface area (Å²) in [6, 6.07) is -1.04. The van der Waals surface area contributed by atoms with E-state index in [0.29, 0.717) is 12.8 Å². The van der Waals surface area contributed by atoms with Gasteiger partial charge in [0.05, 0.1) is 25.4 Å². The van der Waals surface area contributed by atoms with Gasteiger partial charge in [0.2, 0.25) is 5.91 Å². The number of esters is 1. The van der Waals surface area contributed by atoms with Crippen LogP contribution in [0.5, 0.6) is 0 Å². The van der Waals surface area contributed by atoms with Crippen molar-refractivity contribution >= 4 is 11.9 Å². The molecule has 1 heterocycles. The van der Waals surface area contributed by atoms with E-state index in [9.17, 15) is 35.1 Å². The van der Waals surface area contributed by atoms with Gasteiger partial charge in [-0.15, -0.1) is 0 Å². The van der Waals surface area contributed by atoms with Crippen LogP contribution in [0.25, 0.3) is 0 Å². The van der Waals surface area contributed by atoms with Crippen molar-refractivity contribution in [2.24, 2.45) is 0 Å². The highest BCUT2D eigenvalue weighted by atomic mass is 16.7. The Balaban J connectivity index is 2.73. The summed E-state index contributed by atoms with van der Waals surface area (Å²) in [5.74, 6) is -1.22. The average Bonchev–Trinajstić information content (AvgIpc) is 3.39. The molecule has 6 N–H and O–H groups in total. The molecule has 73 heavy (non-hydrogen) atoms. The maximum absolute atomic E-state index is 13.4. The molecule has 422 valence electrons. The zero-order valence-corrected chi connectivity index (χ0v) is 46.5. The van der Waals surface area contributed by atoms with Crippen molar-refractivity contribution in [2.75, 3.05) is 13.2 Å². The summed E-state index contributed by atoms with van der Waals surface area (Å²) >= 11 is 0. The van der Waals surface area contributed by atoms with E-state index in [0.717, 1.165) is 96.3 Å². The van der Waals surface area contributed by atoms with E-state index in [1.807, 2.05) is 6.08 Å². The number of allylic oxidation sites excluding steroid dienone is 11. The van der Waals surface area contributed by atoms with Crippen molar-refractivity contribution in [3.8, 4) is 0 Å². The summed E-state index contributed by atoms with van der Waals surface area (Å²) in [5, 5.41) is 56.8. The highest BCUT2D eigenvalue weighted by Gasteiger charge is 2.47. The third-order valence-corrected chi connectivity index (χ3v) is 13.6. The molecule has 1 fully saturated rings. The number of aliphatic hydroxyl groups excluding tert-OH is 5. The smallest absolute Gasteiger partial charge is 0.306 e. The predicted molar refractivity (Wildman–Crippen MR) is 301 cm³/mol. The second-order valence-electron chi connectivity index (χ2n) is 20.4. The molecule has 1 amide bonds. The first kappa shape index (κ1) is 68.1. The molecule has 11 heteroatoms. The van der Waals surface area contributed by atoms with Gasteiger partial charge in [-0.2, -0.15) is 0 Å². The molecule has 11 nitrogen and oxygen atoms in total. The molecular formula is C62H109NO10. The van der Waals surface area contributed by atoms with Gasteiger partial charge in [-0.25, -0.2) is 0 Å². The summed E-state index contributed by atoms with van der Waals surface area (Å²) in [4.78, 5) is 26.4. The first-order valence-electron chi connectivity index (χ1n) is 29.7. The highest BCUT2D eigenvalue weighted by molar-refractivity contribution is 5.80. The molecule has 0 aromatic rings. The van der Waals surface area contributed by atoms with E-state index in [1.54, 1.807) is 6.08 Å². The second kappa shape index (κ2) is 49.9. The Hall–Kier alpha value is -2.90. The van der Waals surface area contributed by atoms with Crippen LogP contribution < -0.4 is 5.32 Å². The van der Waals surface area contributed by atoms with E-state index in [4.69, 9.17) is 14.2 Å². The minimum absolute atomic E-state index is 0.121. The third-order valence-electron chi connectivity index (χ3n) is 13.6. The van der Waals surface area contributed by atoms with Crippen LogP contribution in [0.2, 0.25) is 0 Å². The number of unbranched alkanes of at least 4 members (excludes halogenated alkanes) is 25. The molecular weight excluding hydrogens is 919 g/mol. The van der Waals surface area contributed by atoms with Crippen molar-refractivity contribution in [3.63, 3.8) is 0 Å². The zero-order valence-electron chi connectivity index (χ0n) is 46.5. The molecule has 0 saturated carbocycles. The molecule has 8 atom stereocenters. The Morgan fingerprint density at radius 2 is 0.986 bits per heavy atom. The average molecular weight is 1030 g/mol. The molecule has 0 radical (unpaired) electrons. The van der Waals surface area contributed by atoms with E-state index in [1.165, 1.54) is 103 Å². The Labute approximate surface area is 445 Å². The van der Waals surface area contributed by atoms with E-state index < -0.39 is 67.4 Å². The van der Waals surface area contributed by atoms with Crippen LogP contribution in [0.1, 0.15) is 245 Å². The van der Waals surface area contributed by atoms with Crippen LogP contribution in [0.15, 0.2) is 72.9 Å². The molecule has 0 spiro atoms. The number of hydrogen-bond acceptors (Lipinski definition) is 10. The van der Waals surface area contributed by atoms with Gasteiger partial charge in [0, 0.05) is 6.42 Å². The van der Waals surface area contributed by atoms with Crippen LogP contribution in [0.3, 0.4) is 0 Å². The molecule has 8 unspecified atom stereocenters. The van der Waals surface area contributed by atoms with Crippen molar-refractivity contribution in [1.29, 1.82) is 0 Å². The maximum Gasteiger partial charge on any atom is 0.306 e. The van der Waals surface area contributed by atoms with Gasteiger partial charge in [-0.05, 0) is 70.6 Å². The zero-order chi connectivity index (χ0) is 53.3. The fraction of sp³-hybridized carbons (Fsp3) is 0.774. The number of amides is 1. The van der Waals surface area contributed by atoms with Gasteiger partial charge in [0.15, 0.2) is 12.4 Å². The molecule has 1 rings (SSSR count). The number of carbonyl (C=O) groups is 2. The van der Waals surface area contributed by atoms with Crippen molar-refractivity contribution < 1.29 is 49.3 Å². The number of hydrogen-bond donors (Lipinski definition) is 6. The fourth-order valence-electron chi connectivity index (χ4n) is 8.91. The van der Waals surface area contributed by atoms with Gasteiger partial charge >= 0.3 is 5.97 Å². The minimum Gasteiger partial charge on any atom is -0.454 e. The summed E-state index contributed by atoms with van der Waals surface area (Å²) in [7, 11) is 0. The number of rotatable bonds is 49. The van der Waals surface area contributed by atoms with Crippen LogP contribution in [-0.2, 0) is 23.8 Å². The van der Waals surface area contributed by atoms with Gasteiger partial charge in [0.1, 0.15) is 24.4 Å². The van der Waals surface area contributed by atoms with E-state index in [-0.39, 0.29) is 19.4 Å². The molecule has 1 aliphatic rings. The number of nitrogens with one attached hydrogen (secondary N) is 1. The third kappa shape index (κ3) is 38.3. The minimum atomic E-state index is -1.62. The summed E-state index contributed by atoms with van der Waals surface area (Å²) in [6.45, 7) is 5.64. The van der Waals surface area contributed by atoms with Gasteiger partial charge in [0.25, 0.3) is 0 Å². The lowest BCUT2D eigenvalue weighted by Gasteiger charge is -2.41. The van der Waals surface area contributed by atoms with Gasteiger partial charge in [-0.3, -0.25) is 9.59 Å². The Bertz CT molecular complexity index is 1460. The maximum atomic E-state index is 13.4. The topological polar surface area (TPSA) is 175 Å². The summed E-state index contributed by atoms with van der Waals surface area (Å²) in [5.41, 5.74) is 0. The highest BCUT2D eigenvalue weighted by Crippen LogP contribution is 2.26. The Kier molecular flexibility index (Phi) is 46.6. The van der Waals surface area contributed by atoms with Crippen molar-refractivity contribution in [2.45, 2.75) is 294 Å². The number of aliphatic hydroxyl groups is 5. The van der Waals surface area contributed by atoms with Crippen LogP contribution in [-0.4, -0.2) is 99.6 Å². The Morgan fingerprint density at radius 1 is 0.548 bits per heavy atom. The van der Waals surface area contributed by atoms with E-state index >= 15 is 0 Å². The monoisotopic (exact) mass is 1030 g/mol. The Morgan fingerprint density at radius 3 is 1.48 bits per heavy atom. The lowest BCUT2D eigenvalue weighted by Crippen LogP contribution is -2.61. The normalized spacial score (nSPS) is 19.9. The standard InChI is InChI=1S/C62H109NO10/c1-4-7-10-13-16-19-22-24-25-26-27-28-29-30-32-35-37-40-43-46-49-55(66)61(70)63-53(54(65)48-45-42-39-36-34-31-23-20-17-14-11-8-5-2)52-71-62-60(59(69)58(68)56(51-64)72-62)73-57(67)50-47-44-41-38-33-21-18-15-12-9-6-3/h7,10,16,19,24-25,27-28,30,32,45,48,53-56,58-60,62,64-66,68-69H,4-6,8-9,11-15,17-18,20-23,26,29,31,33-44,46-47,49-52H2,1-3H3,(H,63,70)/b10-7-,19-16-,25-24-,28-27-,32-30-,48-45+.